The first kappa shape index (κ1) is 7.97. The van der Waals surface area contributed by atoms with Crippen LogP contribution in [0.15, 0.2) is 6.04 Å². The maximum Gasteiger partial charge on any atom is 0.224 e. The SMILES string of the molecule is [2H]c1c(C=O)c(OC)nc2c1CCCC2. The van der Waals surface area contributed by atoms with Crippen LogP contribution in [0.5, 0.6) is 5.88 Å². The fraction of sp³-hybridized carbons (Fsp3) is 0.455. The average Bonchev–Trinajstić information content (AvgIpc) is 2.29. The Hall–Kier alpha value is -1.38. The highest BCUT2D eigenvalue weighted by atomic mass is 16.5. The first-order valence-corrected chi connectivity index (χ1v) is 4.79. The molecule has 3 nitrogen and oxygen atoms in total. The van der Waals surface area contributed by atoms with Crippen LogP contribution in [0, 0.1) is 0 Å². The summed E-state index contributed by atoms with van der Waals surface area (Å²) >= 11 is 0. The van der Waals surface area contributed by atoms with Crippen LogP contribution in [0.4, 0.5) is 0 Å². The summed E-state index contributed by atoms with van der Waals surface area (Å²) in [7, 11) is 1.48. The molecule has 0 bridgehead atoms. The normalized spacial score (nSPS) is 15.6. The molecular weight excluding hydrogens is 178 g/mol. The molecule has 1 aromatic heterocycles. The number of pyridine rings is 1. The van der Waals surface area contributed by atoms with Gasteiger partial charge in [0.15, 0.2) is 6.29 Å². The lowest BCUT2D eigenvalue weighted by Gasteiger charge is -2.16. The second kappa shape index (κ2) is 3.78. The minimum atomic E-state index is 0.276. The van der Waals surface area contributed by atoms with Crippen LogP contribution in [-0.4, -0.2) is 18.4 Å². The Bertz CT molecular complexity index is 404. The molecule has 0 aromatic carbocycles. The molecule has 0 fully saturated rings. The molecule has 0 spiro atoms. The van der Waals surface area contributed by atoms with Crippen molar-refractivity contribution < 1.29 is 10.9 Å². The molecular formula is C11H13NO2. The Morgan fingerprint density at radius 1 is 1.57 bits per heavy atom. The zero-order chi connectivity index (χ0) is 10.8. The van der Waals surface area contributed by atoms with Crippen LogP contribution in [0.25, 0.3) is 0 Å². The molecule has 0 aliphatic heterocycles. The number of methoxy groups -OCH3 is 1. The number of rotatable bonds is 2. The summed E-state index contributed by atoms with van der Waals surface area (Å²) in [5, 5.41) is 0. The van der Waals surface area contributed by atoms with Crippen molar-refractivity contribution in [1.82, 2.24) is 4.98 Å². The number of carbonyl (C=O) groups excluding carboxylic acids is 1. The molecule has 0 unspecified atom stereocenters. The molecule has 14 heavy (non-hydrogen) atoms. The van der Waals surface area contributed by atoms with Crippen LogP contribution in [0.1, 0.15) is 35.8 Å². The van der Waals surface area contributed by atoms with Gasteiger partial charge in [-0.2, -0.15) is 0 Å². The zero-order valence-electron chi connectivity index (χ0n) is 9.17. The van der Waals surface area contributed by atoms with E-state index in [2.05, 4.69) is 4.98 Å². The highest BCUT2D eigenvalue weighted by Crippen LogP contribution is 2.24. The van der Waals surface area contributed by atoms with Crippen molar-refractivity contribution in [1.29, 1.82) is 0 Å². The molecule has 2 rings (SSSR count). The number of aryl methyl sites for hydroxylation is 1. The van der Waals surface area contributed by atoms with Gasteiger partial charge >= 0.3 is 0 Å². The third kappa shape index (κ3) is 1.50. The van der Waals surface area contributed by atoms with Crippen molar-refractivity contribution in [2.45, 2.75) is 25.7 Å². The number of aldehydes is 1. The molecule has 1 aliphatic carbocycles. The van der Waals surface area contributed by atoms with Gasteiger partial charge in [0.1, 0.15) is 0 Å². The fourth-order valence-corrected chi connectivity index (χ4v) is 1.78. The topological polar surface area (TPSA) is 39.2 Å². The van der Waals surface area contributed by atoms with Crippen LogP contribution >= 0.6 is 0 Å². The molecule has 0 N–H and O–H groups in total. The van der Waals surface area contributed by atoms with Crippen molar-refractivity contribution in [3.8, 4) is 5.88 Å². The van der Waals surface area contributed by atoms with Crippen molar-refractivity contribution in [3.63, 3.8) is 0 Å². The third-order valence-corrected chi connectivity index (χ3v) is 2.50. The van der Waals surface area contributed by atoms with Crippen molar-refractivity contribution in [2.75, 3.05) is 7.11 Å². The molecule has 0 amide bonds. The minimum absolute atomic E-state index is 0.276. The lowest BCUT2D eigenvalue weighted by molar-refractivity contribution is 0.111. The summed E-state index contributed by atoms with van der Waals surface area (Å²) in [5.74, 6) is 0.288. The van der Waals surface area contributed by atoms with Crippen molar-refractivity contribution >= 4 is 6.29 Å². The number of nitrogens with zero attached hydrogens (tertiary/aromatic N) is 1. The predicted octanol–water partition coefficient (Wildman–Crippen LogP) is 1.78. The van der Waals surface area contributed by atoms with Gasteiger partial charge in [0, 0.05) is 5.69 Å². The van der Waals surface area contributed by atoms with Crippen molar-refractivity contribution in [3.05, 3.63) is 22.9 Å². The summed E-state index contributed by atoms with van der Waals surface area (Å²) in [6.07, 6.45) is 4.57. The Balaban J connectivity index is 2.61. The number of hydrogen-bond donors (Lipinski definition) is 0. The van der Waals surface area contributed by atoms with Gasteiger partial charge in [-0.05, 0) is 37.3 Å². The van der Waals surface area contributed by atoms with Crippen LogP contribution < -0.4 is 4.74 Å². The second-order valence-electron chi connectivity index (χ2n) is 3.41. The maximum absolute atomic E-state index is 10.9. The number of ether oxygens (including phenoxy) is 1. The summed E-state index contributed by atoms with van der Waals surface area (Å²) in [5.41, 5.74) is 2.12. The van der Waals surface area contributed by atoms with Gasteiger partial charge < -0.3 is 4.74 Å². The van der Waals surface area contributed by atoms with Gasteiger partial charge in [0.25, 0.3) is 0 Å². The molecule has 3 heteroatoms. The van der Waals surface area contributed by atoms with Crippen LogP contribution in [-0.2, 0) is 12.8 Å². The van der Waals surface area contributed by atoms with E-state index in [4.69, 9.17) is 6.11 Å². The van der Waals surface area contributed by atoms with Gasteiger partial charge in [0.2, 0.25) is 5.88 Å². The number of fused-ring (bicyclic) bond motifs is 1. The van der Waals surface area contributed by atoms with E-state index in [0.29, 0.717) is 12.3 Å². The summed E-state index contributed by atoms with van der Waals surface area (Å²) in [4.78, 5) is 15.1. The van der Waals surface area contributed by atoms with E-state index in [9.17, 15) is 4.79 Å². The van der Waals surface area contributed by atoms with Gasteiger partial charge in [-0.1, -0.05) is 0 Å². The molecule has 1 aromatic rings. The van der Waals surface area contributed by atoms with E-state index in [0.717, 1.165) is 36.9 Å². The Labute approximate surface area is 84.5 Å². The van der Waals surface area contributed by atoms with Crippen molar-refractivity contribution in [2.24, 2.45) is 0 Å². The highest BCUT2D eigenvalue weighted by molar-refractivity contribution is 5.78. The van der Waals surface area contributed by atoms with Gasteiger partial charge in [-0.3, -0.25) is 4.79 Å². The zero-order valence-corrected chi connectivity index (χ0v) is 8.17. The van der Waals surface area contributed by atoms with Gasteiger partial charge in [-0.15, -0.1) is 0 Å². The average molecular weight is 192 g/mol. The summed E-state index contributed by atoms with van der Waals surface area (Å²) in [6, 6.07) is 0.298. The van der Waals surface area contributed by atoms with E-state index in [1.165, 1.54) is 7.11 Å². The Morgan fingerprint density at radius 3 is 3.07 bits per heavy atom. The van der Waals surface area contributed by atoms with Gasteiger partial charge in [-0.25, -0.2) is 4.98 Å². The lowest BCUT2D eigenvalue weighted by Crippen LogP contribution is -2.08. The van der Waals surface area contributed by atoms with Gasteiger partial charge in [0.05, 0.1) is 14.0 Å². The van der Waals surface area contributed by atoms with Crippen LogP contribution in [0.2, 0.25) is 0 Å². The first-order chi connectivity index (χ1) is 7.27. The first-order valence-electron chi connectivity index (χ1n) is 5.29. The Kier molecular flexibility index (Phi) is 2.15. The minimum Gasteiger partial charge on any atom is -0.480 e. The lowest BCUT2D eigenvalue weighted by atomic mass is 9.95. The van der Waals surface area contributed by atoms with E-state index < -0.39 is 0 Å². The van der Waals surface area contributed by atoms with E-state index in [1.807, 2.05) is 0 Å². The predicted molar refractivity (Wildman–Crippen MR) is 52.8 cm³/mol. The smallest absolute Gasteiger partial charge is 0.224 e. The molecule has 0 saturated carbocycles. The number of aromatic nitrogens is 1. The summed E-state index contributed by atoms with van der Waals surface area (Å²) < 4.78 is 12.9. The molecule has 74 valence electrons. The molecule has 1 aliphatic rings. The number of hydrogen-bond acceptors (Lipinski definition) is 3. The summed E-state index contributed by atoms with van der Waals surface area (Å²) in [6.45, 7) is 0. The third-order valence-electron chi connectivity index (χ3n) is 2.50. The maximum atomic E-state index is 10.9. The largest absolute Gasteiger partial charge is 0.480 e. The van der Waals surface area contributed by atoms with E-state index >= 15 is 0 Å². The van der Waals surface area contributed by atoms with Crippen LogP contribution in [0.3, 0.4) is 0 Å². The van der Waals surface area contributed by atoms with E-state index in [1.54, 1.807) is 0 Å². The molecule has 0 radical (unpaired) electrons. The number of carbonyl (C=O) groups is 1. The molecule has 1 heterocycles. The highest BCUT2D eigenvalue weighted by Gasteiger charge is 2.14. The molecule has 0 saturated heterocycles. The van der Waals surface area contributed by atoms with E-state index in [-0.39, 0.29) is 11.4 Å². The second-order valence-corrected chi connectivity index (χ2v) is 3.41. The Morgan fingerprint density at radius 2 is 2.36 bits per heavy atom. The fourth-order valence-electron chi connectivity index (χ4n) is 1.78. The quantitative estimate of drug-likeness (QED) is 0.670. The standard InChI is InChI=1S/C11H13NO2/c1-14-11-9(7-13)6-8-4-2-3-5-10(8)12-11/h6-7H,2-5H2,1H3/i6D. The monoisotopic (exact) mass is 192 g/mol. The molecule has 0 atom stereocenters.